The third-order valence-electron chi connectivity index (χ3n) is 3.36. The third-order valence-corrected chi connectivity index (χ3v) is 4.86. The molecule has 18 heavy (non-hydrogen) atoms. The average Bonchev–Trinajstić information content (AvgIpc) is 2.94. The molecule has 1 heterocycles. The maximum Gasteiger partial charge on any atom is 0.187 e. The molecule has 2 rings (SSSR count). The number of nitrogens with zero attached hydrogens (tertiary/aromatic N) is 2. The van der Waals surface area contributed by atoms with Crippen LogP contribution in [0.5, 0.6) is 0 Å². The number of aliphatic hydroxyl groups excluding tert-OH is 1. The Morgan fingerprint density at radius 1 is 1.44 bits per heavy atom. The van der Waals surface area contributed by atoms with Gasteiger partial charge in [-0.25, -0.2) is 4.98 Å². The Hall–Kier alpha value is -0.320. The first kappa shape index (κ1) is 14.1. The molecule has 102 valence electrons. The first-order valence-electron chi connectivity index (χ1n) is 6.64. The number of anilines is 1. The number of hydrogen-bond donors (Lipinski definition) is 1. The van der Waals surface area contributed by atoms with E-state index in [1.165, 1.54) is 37.0 Å². The monoisotopic (exact) mass is 288 g/mol. The Labute approximate surface area is 118 Å². The van der Waals surface area contributed by atoms with Crippen LogP contribution in [0.3, 0.4) is 0 Å². The number of aromatic nitrogens is 1. The van der Waals surface area contributed by atoms with Crippen molar-refractivity contribution in [1.82, 2.24) is 4.98 Å². The Bertz CT molecular complexity index is 388. The zero-order valence-corrected chi connectivity index (χ0v) is 12.6. The molecule has 0 spiro atoms. The van der Waals surface area contributed by atoms with Crippen LogP contribution in [-0.2, 0) is 6.61 Å². The van der Waals surface area contributed by atoms with Gasteiger partial charge in [-0.2, -0.15) is 0 Å². The molecule has 1 aliphatic rings. The molecule has 1 saturated carbocycles. The molecule has 0 radical (unpaired) electrons. The van der Waals surface area contributed by atoms with Crippen molar-refractivity contribution >= 4 is 28.1 Å². The van der Waals surface area contributed by atoms with Crippen molar-refractivity contribution in [1.29, 1.82) is 0 Å². The zero-order chi connectivity index (χ0) is 13.1. The minimum Gasteiger partial charge on any atom is -0.391 e. The van der Waals surface area contributed by atoms with Crippen LogP contribution in [0.1, 0.15) is 44.4 Å². The molecule has 0 bridgehead atoms. The van der Waals surface area contributed by atoms with Crippen LogP contribution >= 0.6 is 22.9 Å². The first-order chi connectivity index (χ1) is 8.61. The van der Waals surface area contributed by atoms with Crippen molar-refractivity contribution < 1.29 is 5.11 Å². The highest BCUT2D eigenvalue weighted by Crippen LogP contribution is 2.35. The highest BCUT2D eigenvalue weighted by molar-refractivity contribution is 7.16. The Morgan fingerprint density at radius 2 is 2.11 bits per heavy atom. The van der Waals surface area contributed by atoms with Crippen LogP contribution in [0.4, 0.5) is 5.13 Å². The second-order valence-electron chi connectivity index (χ2n) is 5.35. The van der Waals surface area contributed by atoms with Crippen molar-refractivity contribution in [3.63, 3.8) is 0 Å². The molecule has 1 aromatic heterocycles. The molecule has 0 aromatic carbocycles. The summed E-state index contributed by atoms with van der Waals surface area (Å²) in [6.45, 7) is 5.45. The molecule has 1 N–H and O–H groups in total. The summed E-state index contributed by atoms with van der Waals surface area (Å²) in [7, 11) is 0. The Morgan fingerprint density at radius 3 is 2.61 bits per heavy atom. The highest BCUT2D eigenvalue weighted by Gasteiger charge is 2.26. The van der Waals surface area contributed by atoms with Gasteiger partial charge in [-0.1, -0.05) is 49.6 Å². The predicted octanol–water partition coefficient (Wildman–Crippen LogP) is 3.69. The van der Waals surface area contributed by atoms with Crippen LogP contribution in [-0.4, -0.2) is 22.7 Å². The lowest BCUT2D eigenvalue weighted by molar-refractivity contribution is 0.285. The Balaban J connectivity index is 2.20. The van der Waals surface area contributed by atoms with E-state index in [2.05, 4.69) is 23.7 Å². The molecule has 0 amide bonds. The van der Waals surface area contributed by atoms with E-state index in [9.17, 15) is 5.11 Å². The molecule has 1 aromatic rings. The quantitative estimate of drug-likeness (QED) is 0.898. The standard InChI is InChI=1S/C13H21ClN2OS/c1-9(2)7-16(10-5-3-4-6-10)13-15-12(14)11(8-17)18-13/h9-10,17H,3-8H2,1-2H3. The fraction of sp³-hybridized carbons (Fsp3) is 0.769. The van der Waals surface area contributed by atoms with E-state index in [0.29, 0.717) is 17.1 Å². The third kappa shape index (κ3) is 3.16. The van der Waals surface area contributed by atoms with Gasteiger partial charge in [-0.05, 0) is 18.8 Å². The van der Waals surface area contributed by atoms with Gasteiger partial charge in [0.25, 0.3) is 0 Å². The number of thiazole rings is 1. The van der Waals surface area contributed by atoms with Crippen LogP contribution < -0.4 is 4.90 Å². The lowest BCUT2D eigenvalue weighted by atomic mass is 10.1. The van der Waals surface area contributed by atoms with E-state index in [4.69, 9.17) is 11.6 Å². The van der Waals surface area contributed by atoms with Gasteiger partial charge in [-0.3, -0.25) is 0 Å². The maximum atomic E-state index is 9.23. The normalized spacial score (nSPS) is 16.7. The van der Waals surface area contributed by atoms with Gasteiger partial charge in [0.15, 0.2) is 5.13 Å². The molecule has 5 heteroatoms. The van der Waals surface area contributed by atoms with E-state index < -0.39 is 0 Å². The summed E-state index contributed by atoms with van der Waals surface area (Å²) in [5, 5.41) is 10.7. The molecule has 0 aliphatic heterocycles. The summed E-state index contributed by atoms with van der Waals surface area (Å²) in [5.74, 6) is 0.603. The smallest absolute Gasteiger partial charge is 0.187 e. The fourth-order valence-corrected chi connectivity index (χ4v) is 3.73. The van der Waals surface area contributed by atoms with Crippen LogP contribution in [0, 0.1) is 5.92 Å². The second-order valence-corrected chi connectivity index (χ2v) is 6.77. The van der Waals surface area contributed by atoms with Crippen molar-refractivity contribution in [2.24, 2.45) is 5.92 Å². The number of halogens is 1. The van der Waals surface area contributed by atoms with Crippen molar-refractivity contribution in [2.45, 2.75) is 52.2 Å². The van der Waals surface area contributed by atoms with Crippen molar-refractivity contribution in [2.75, 3.05) is 11.4 Å². The first-order valence-corrected chi connectivity index (χ1v) is 7.84. The minimum atomic E-state index is -0.0172. The van der Waals surface area contributed by atoms with Crippen molar-refractivity contribution in [3.8, 4) is 0 Å². The number of hydrogen-bond acceptors (Lipinski definition) is 4. The summed E-state index contributed by atoms with van der Waals surface area (Å²) >= 11 is 7.57. The lowest BCUT2D eigenvalue weighted by Crippen LogP contribution is -2.36. The summed E-state index contributed by atoms with van der Waals surface area (Å²) < 4.78 is 0. The number of rotatable bonds is 5. The van der Waals surface area contributed by atoms with Gasteiger partial charge >= 0.3 is 0 Å². The summed E-state index contributed by atoms with van der Waals surface area (Å²) in [4.78, 5) is 7.60. The number of aliphatic hydroxyl groups is 1. The average molecular weight is 289 g/mol. The predicted molar refractivity (Wildman–Crippen MR) is 77.5 cm³/mol. The second kappa shape index (κ2) is 6.22. The minimum absolute atomic E-state index is 0.0172. The maximum absolute atomic E-state index is 9.23. The van der Waals surface area contributed by atoms with E-state index >= 15 is 0 Å². The molecule has 0 unspecified atom stereocenters. The van der Waals surface area contributed by atoms with Crippen LogP contribution in [0.2, 0.25) is 5.15 Å². The van der Waals surface area contributed by atoms with E-state index in [-0.39, 0.29) is 6.61 Å². The molecule has 1 fully saturated rings. The van der Waals surface area contributed by atoms with E-state index in [1.54, 1.807) is 0 Å². The van der Waals surface area contributed by atoms with E-state index in [1.807, 2.05) is 0 Å². The van der Waals surface area contributed by atoms with Gasteiger partial charge in [0.05, 0.1) is 11.5 Å². The van der Waals surface area contributed by atoms with Gasteiger partial charge in [-0.15, -0.1) is 0 Å². The van der Waals surface area contributed by atoms with Gasteiger partial charge in [0, 0.05) is 12.6 Å². The largest absolute Gasteiger partial charge is 0.391 e. The van der Waals surface area contributed by atoms with Gasteiger partial charge < -0.3 is 10.0 Å². The fourth-order valence-electron chi connectivity index (χ4n) is 2.53. The SMILES string of the molecule is CC(C)CN(c1nc(Cl)c(CO)s1)C1CCCC1. The highest BCUT2D eigenvalue weighted by atomic mass is 35.5. The van der Waals surface area contributed by atoms with Gasteiger partial charge in [0.2, 0.25) is 0 Å². The summed E-state index contributed by atoms with van der Waals surface area (Å²) in [5.41, 5.74) is 0. The molecular formula is C13H21ClN2OS. The molecule has 0 saturated heterocycles. The topological polar surface area (TPSA) is 36.4 Å². The Kier molecular flexibility index (Phi) is 4.87. The molecular weight excluding hydrogens is 268 g/mol. The molecule has 3 nitrogen and oxygen atoms in total. The summed E-state index contributed by atoms with van der Waals surface area (Å²) in [6.07, 6.45) is 5.12. The van der Waals surface area contributed by atoms with Crippen LogP contribution in [0.15, 0.2) is 0 Å². The van der Waals surface area contributed by atoms with Gasteiger partial charge in [0.1, 0.15) is 5.15 Å². The molecule has 1 aliphatic carbocycles. The zero-order valence-electron chi connectivity index (χ0n) is 11.0. The lowest BCUT2D eigenvalue weighted by Gasteiger charge is -2.30. The van der Waals surface area contributed by atoms with E-state index in [0.717, 1.165) is 16.6 Å². The molecule has 0 atom stereocenters. The van der Waals surface area contributed by atoms with Crippen LogP contribution in [0.25, 0.3) is 0 Å². The van der Waals surface area contributed by atoms with Crippen molar-refractivity contribution in [3.05, 3.63) is 10.0 Å². The summed E-state index contributed by atoms with van der Waals surface area (Å²) in [6, 6.07) is 0.598.